The van der Waals surface area contributed by atoms with E-state index >= 15 is 0 Å². The van der Waals surface area contributed by atoms with E-state index in [0.717, 1.165) is 10.7 Å². The standard InChI is InChI=1S/C8H12ClN3OS/c1-12(2)11-7(13)3-8-10-6(4-9)5-14-8/h5H,3-4H2,1-2H3,(H,11,13). The van der Waals surface area contributed by atoms with Crippen molar-refractivity contribution in [3.63, 3.8) is 0 Å². The summed E-state index contributed by atoms with van der Waals surface area (Å²) in [4.78, 5) is 15.5. The van der Waals surface area contributed by atoms with E-state index in [1.54, 1.807) is 19.1 Å². The fourth-order valence-electron chi connectivity index (χ4n) is 0.918. The molecule has 0 saturated carbocycles. The number of rotatable bonds is 4. The fraction of sp³-hybridized carbons (Fsp3) is 0.500. The third kappa shape index (κ3) is 3.61. The number of hydrazine groups is 1. The average molecular weight is 234 g/mol. The third-order valence-corrected chi connectivity index (χ3v) is 2.57. The maximum absolute atomic E-state index is 11.3. The van der Waals surface area contributed by atoms with Gasteiger partial charge in [0.25, 0.3) is 0 Å². The Hall–Kier alpha value is -0.650. The maximum Gasteiger partial charge on any atom is 0.241 e. The van der Waals surface area contributed by atoms with Crippen LogP contribution in [0.25, 0.3) is 0 Å². The van der Waals surface area contributed by atoms with E-state index in [1.807, 2.05) is 5.38 Å². The zero-order valence-electron chi connectivity index (χ0n) is 8.08. The molecule has 1 rings (SSSR count). The first-order valence-corrected chi connectivity index (χ1v) is 5.49. The van der Waals surface area contributed by atoms with E-state index in [0.29, 0.717) is 12.3 Å². The molecule has 0 aromatic carbocycles. The van der Waals surface area contributed by atoms with E-state index in [1.165, 1.54) is 11.3 Å². The summed E-state index contributed by atoms with van der Waals surface area (Å²) in [7, 11) is 3.54. The normalized spacial score (nSPS) is 10.6. The lowest BCUT2D eigenvalue weighted by Crippen LogP contribution is -2.37. The maximum atomic E-state index is 11.3. The number of nitrogens with zero attached hydrogens (tertiary/aromatic N) is 2. The van der Waals surface area contributed by atoms with Crippen LogP contribution in [0.1, 0.15) is 10.7 Å². The Morgan fingerprint density at radius 2 is 2.43 bits per heavy atom. The zero-order chi connectivity index (χ0) is 10.6. The van der Waals surface area contributed by atoms with Gasteiger partial charge in [0, 0.05) is 19.5 Å². The molecule has 14 heavy (non-hydrogen) atoms. The Balaban J connectivity index is 2.47. The molecule has 0 atom stereocenters. The van der Waals surface area contributed by atoms with Gasteiger partial charge in [-0.1, -0.05) is 0 Å². The summed E-state index contributed by atoms with van der Waals surface area (Å²) in [5.74, 6) is 0.330. The lowest BCUT2D eigenvalue weighted by molar-refractivity contribution is -0.124. The topological polar surface area (TPSA) is 45.2 Å². The predicted octanol–water partition coefficient (Wildman–Crippen LogP) is 1.02. The summed E-state index contributed by atoms with van der Waals surface area (Å²) < 4.78 is 0. The second kappa shape index (κ2) is 5.29. The van der Waals surface area contributed by atoms with Crippen LogP contribution in [0.3, 0.4) is 0 Å². The van der Waals surface area contributed by atoms with Crippen LogP contribution in [0.5, 0.6) is 0 Å². The minimum Gasteiger partial charge on any atom is -0.289 e. The van der Waals surface area contributed by atoms with Gasteiger partial charge in [-0.3, -0.25) is 10.2 Å². The van der Waals surface area contributed by atoms with Crippen molar-refractivity contribution < 1.29 is 4.79 Å². The van der Waals surface area contributed by atoms with Crippen LogP contribution in [0.15, 0.2) is 5.38 Å². The van der Waals surface area contributed by atoms with Crippen LogP contribution in [0.4, 0.5) is 0 Å². The summed E-state index contributed by atoms with van der Waals surface area (Å²) >= 11 is 7.05. The van der Waals surface area contributed by atoms with Crippen molar-refractivity contribution in [2.24, 2.45) is 0 Å². The molecule has 1 aromatic heterocycles. The Kier molecular flexibility index (Phi) is 4.31. The number of carbonyl (C=O) groups is 1. The van der Waals surface area contributed by atoms with Crippen molar-refractivity contribution >= 4 is 28.8 Å². The van der Waals surface area contributed by atoms with Crippen molar-refractivity contribution in [2.75, 3.05) is 14.1 Å². The van der Waals surface area contributed by atoms with Gasteiger partial charge >= 0.3 is 0 Å². The number of halogens is 1. The van der Waals surface area contributed by atoms with Crippen molar-refractivity contribution in [1.29, 1.82) is 0 Å². The van der Waals surface area contributed by atoms with E-state index < -0.39 is 0 Å². The molecule has 0 spiro atoms. The molecule has 0 aliphatic heterocycles. The lowest BCUT2D eigenvalue weighted by Gasteiger charge is -2.10. The largest absolute Gasteiger partial charge is 0.289 e. The van der Waals surface area contributed by atoms with E-state index in [9.17, 15) is 4.79 Å². The van der Waals surface area contributed by atoms with E-state index in [-0.39, 0.29) is 5.91 Å². The van der Waals surface area contributed by atoms with Gasteiger partial charge in [-0.25, -0.2) is 9.99 Å². The summed E-state index contributed by atoms with van der Waals surface area (Å²) in [5, 5.41) is 4.27. The number of aromatic nitrogens is 1. The van der Waals surface area contributed by atoms with Crippen LogP contribution >= 0.6 is 22.9 Å². The number of amides is 1. The number of carbonyl (C=O) groups excluding carboxylic acids is 1. The number of thiazole rings is 1. The molecule has 6 heteroatoms. The second-order valence-electron chi connectivity index (χ2n) is 2.97. The van der Waals surface area contributed by atoms with Crippen molar-refractivity contribution in [1.82, 2.24) is 15.4 Å². The first kappa shape index (κ1) is 11.4. The molecule has 0 saturated heterocycles. The van der Waals surface area contributed by atoms with Gasteiger partial charge in [0.1, 0.15) is 5.01 Å². The van der Waals surface area contributed by atoms with Crippen LogP contribution in [-0.4, -0.2) is 30.0 Å². The Morgan fingerprint density at radius 3 is 2.93 bits per heavy atom. The highest BCUT2D eigenvalue weighted by molar-refractivity contribution is 7.09. The van der Waals surface area contributed by atoms with Gasteiger partial charge in [-0.05, 0) is 0 Å². The highest BCUT2D eigenvalue weighted by Crippen LogP contribution is 2.11. The molecule has 1 N–H and O–H groups in total. The molecular weight excluding hydrogens is 222 g/mol. The highest BCUT2D eigenvalue weighted by atomic mass is 35.5. The second-order valence-corrected chi connectivity index (χ2v) is 4.18. The summed E-state index contributed by atoms with van der Waals surface area (Å²) in [5.41, 5.74) is 3.47. The first-order valence-electron chi connectivity index (χ1n) is 4.08. The van der Waals surface area contributed by atoms with Crippen LogP contribution in [0.2, 0.25) is 0 Å². The fourth-order valence-corrected chi connectivity index (χ4v) is 1.94. The zero-order valence-corrected chi connectivity index (χ0v) is 9.65. The molecular formula is C8H12ClN3OS. The lowest BCUT2D eigenvalue weighted by atomic mass is 10.4. The molecule has 0 aliphatic rings. The number of nitrogens with one attached hydrogen (secondary N) is 1. The Bertz CT molecular complexity index is 313. The van der Waals surface area contributed by atoms with Crippen molar-refractivity contribution in [3.8, 4) is 0 Å². The molecule has 0 aliphatic carbocycles. The molecule has 0 radical (unpaired) electrons. The molecule has 0 unspecified atom stereocenters. The molecule has 4 nitrogen and oxygen atoms in total. The Morgan fingerprint density at radius 1 is 1.71 bits per heavy atom. The van der Waals surface area contributed by atoms with Gasteiger partial charge in [-0.2, -0.15) is 0 Å². The molecule has 1 aromatic rings. The van der Waals surface area contributed by atoms with Crippen LogP contribution < -0.4 is 5.43 Å². The van der Waals surface area contributed by atoms with Crippen molar-refractivity contribution in [2.45, 2.75) is 12.3 Å². The highest BCUT2D eigenvalue weighted by Gasteiger charge is 2.07. The summed E-state index contributed by atoms with van der Waals surface area (Å²) in [6, 6.07) is 0. The monoisotopic (exact) mass is 233 g/mol. The quantitative estimate of drug-likeness (QED) is 0.624. The minimum absolute atomic E-state index is 0.0644. The number of hydrogen-bond acceptors (Lipinski definition) is 4. The summed E-state index contributed by atoms with van der Waals surface area (Å²) in [6.45, 7) is 0. The first-order chi connectivity index (χ1) is 6.61. The molecule has 0 fully saturated rings. The van der Waals surface area contributed by atoms with Crippen molar-refractivity contribution in [3.05, 3.63) is 16.1 Å². The van der Waals surface area contributed by atoms with E-state index in [2.05, 4.69) is 10.4 Å². The SMILES string of the molecule is CN(C)NC(=O)Cc1nc(CCl)cs1. The van der Waals surface area contributed by atoms with Gasteiger partial charge in [0.15, 0.2) is 0 Å². The van der Waals surface area contributed by atoms with E-state index in [4.69, 9.17) is 11.6 Å². The smallest absolute Gasteiger partial charge is 0.241 e. The van der Waals surface area contributed by atoms with Gasteiger partial charge in [0.2, 0.25) is 5.91 Å². The molecule has 78 valence electrons. The Labute approximate surface area is 91.9 Å². The van der Waals surface area contributed by atoms with Gasteiger partial charge in [0.05, 0.1) is 18.0 Å². The minimum atomic E-state index is -0.0644. The van der Waals surface area contributed by atoms with Crippen LogP contribution in [0, 0.1) is 0 Å². The number of hydrogen-bond donors (Lipinski definition) is 1. The number of alkyl halides is 1. The third-order valence-electron chi connectivity index (χ3n) is 1.40. The molecule has 0 bridgehead atoms. The molecule has 1 amide bonds. The predicted molar refractivity (Wildman–Crippen MR) is 57.2 cm³/mol. The van der Waals surface area contributed by atoms with Crippen LogP contribution in [-0.2, 0) is 17.1 Å². The van der Waals surface area contributed by atoms with Gasteiger partial charge < -0.3 is 0 Å². The average Bonchev–Trinajstić information content (AvgIpc) is 2.50. The molecule has 1 heterocycles. The van der Waals surface area contributed by atoms with Gasteiger partial charge in [-0.15, -0.1) is 22.9 Å². The summed E-state index contributed by atoms with van der Waals surface area (Å²) in [6.07, 6.45) is 0.305.